The van der Waals surface area contributed by atoms with Gasteiger partial charge in [-0.15, -0.1) is 0 Å². The van der Waals surface area contributed by atoms with Gasteiger partial charge in [0.1, 0.15) is 5.75 Å². The number of rotatable bonds is 8. The van der Waals surface area contributed by atoms with Gasteiger partial charge in [-0.1, -0.05) is 17.7 Å². The summed E-state index contributed by atoms with van der Waals surface area (Å²) in [6.07, 6.45) is 0. The van der Waals surface area contributed by atoms with Crippen molar-refractivity contribution >= 4 is 17.5 Å². The fraction of sp³-hybridized carbons (Fsp3) is 0.500. The summed E-state index contributed by atoms with van der Waals surface area (Å²) in [5, 5.41) is 6.30. The zero-order valence-corrected chi connectivity index (χ0v) is 12.8. The maximum Gasteiger partial charge on any atom is 0.258 e. The molecule has 0 aliphatic heterocycles. The molecule has 2 N–H and O–H groups in total. The lowest BCUT2D eigenvalue weighted by Crippen LogP contribution is -2.31. The second-order valence-electron chi connectivity index (χ2n) is 4.33. The summed E-state index contributed by atoms with van der Waals surface area (Å²) in [5.41, 5.74) is 1.06. The van der Waals surface area contributed by atoms with Crippen LogP contribution in [0.15, 0.2) is 18.2 Å². The lowest BCUT2D eigenvalue weighted by atomic mass is 10.1. The Morgan fingerprint density at radius 3 is 2.80 bits per heavy atom. The molecule has 0 bridgehead atoms. The van der Waals surface area contributed by atoms with Gasteiger partial charge in [-0.25, -0.2) is 0 Å². The van der Waals surface area contributed by atoms with Gasteiger partial charge in [0.05, 0.1) is 11.6 Å². The van der Waals surface area contributed by atoms with Crippen LogP contribution in [0.5, 0.6) is 5.75 Å². The fourth-order valence-corrected chi connectivity index (χ4v) is 1.80. The molecule has 1 rings (SSSR count). The molecule has 1 aromatic carbocycles. The van der Waals surface area contributed by atoms with Crippen LogP contribution in [0.25, 0.3) is 0 Å². The second-order valence-corrected chi connectivity index (χ2v) is 4.74. The van der Waals surface area contributed by atoms with Gasteiger partial charge >= 0.3 is 0 Å². The predicted octanol–water partition coefficient (Wildman–Crippen LogP) is 1.76. The second kappa shape index (κ2) is 8.79. The van der Waals surface area contributed by atoms with Crippen LogP contribution in [0.1, 0.15) is 18.5 Å². The first-order chi connectivity index (χ1) is 9.58. The summed E-state index contributed by atoms with van der Waals surface area (Å²) in [5.74, 6) is 0.298. The average molecular weight is 301 g/mol. The highest BCUT2D eigenvalue weighted by Crippen LogP contribution is 2.27. The van der Waals surface area contributed by atoms with Crippen molar-refractivity contribution in [2.24, 2.45) is 0 Å². The van der Waals surface area contributed by atoms with E-state index in [1.54, 1.807) is 13.2 Å². The smallest absolute Gasteiger partial charge is 0.258 e. The van der Waals surface area contributed by atoms with Crippen LogP contribution in [0.4, 0.5) is 0 Å². The number of benzene rings is 1. The Kier molecular flexibility index (Phi) is 7.36. The fourth-order valence-electron chi connectivity index (χ4n) is 1.56. The topological polar surface area (TPSA) is 59.6 Å². The maximum atomic E-state index is 11.5. The van der Waals surface area contributed by atoms with E-state index in [2.05, 4.69) is 10.6 Å². The molecule has 5 nitrogen and oxygen atoms in total. The number of methoxy groups -OCH3 is 1. The summed E-state index contributed by atoms with van der Waals surface area (Å²) in [6, 6.07) is 5.74. The first-order valence-electron chi connectivity index (χ1n) is 6.43. The van der Waals surface area contributed by atoms with Gasteiger partial charge in [0.25, 0.3) is 5.91 Å². The van der Waals surface area contributed by atoms with Gasteiger partial charge in [0, 0.05) is 19.7 Å². The SMILES string of the molecule is CNC(C)c1ccc(OCC(=O)NCCOC)c(Cl)c1. The van der Waals surface area contributed by atoms with E-state index in [4.69, 9.17) is 21.1 Å². The lowest BCUT2D eigenvalue weighted by Gasteiger charge is -2.13. The molecular formula is C14H21ClN2O3. The summed E-state index contributed by atoms with van der Waals surface area (Å²) >= 11 is 6.14. The molecule has 0 aromatic heterocycles. The molecular weight excluding hydrogens is 280 g/mol. The molecule has 1 amide bonds. The van der Waals surface area contributed by atoms with E-state index in [9.17, 15) is 4.79 Å². The molecule has 6 heteroatoms. The molecule has 0 fully saturated rings. The van der Waals surface area contributed by atoms with E-state index >= 15 is 0 Å². The van der Waals surface area contributed by atoms with Crippen LogP contribution in [0, 0.1) is 0 Å². The Labute approximate surface area is 124 Å². The van der Waals surface area contributed by atoms with Crippen LogP contribution in [0.2, 0.25) is 5.02 Å². The van der Waals surface area contributed by atoms with Crippen LogP contribution >= 0.6 is 11.6 Å². The zero-order chi connectivity index (χ0) is 15.0. The monoisotopic (exact) mass is 300 g/mol. The summed E-state index contributed by atoms with van der Waals surface area (Å²) in [4.78, 5) is 11.5. The van der Waals surface area contributed by atoms with Gasteiger partial charge in [-0.2, -0.15) is 0 Å². The molecule has 0 aliphatic rings. The van der Waals surface area contributed by atoms with Crippen molar-refractivity contribution in [3.8, 4) is 5.75 Å². The highest BCUT2D eigenvalue weighted by Gasteiger charge is 2.09. The lowest BCUT2D eigenvalue weighted by molar-refractivity contribution is -0.123. The Morgan fingerprint density at radius 2 is 2.20 bits per heavy atom. The van der Waals surface area contributed by atoms with E-state index in [1.165, 1.54) is 0 Å². The minimum Gasteiger partial charge on any atom is -0.482 e. The third-order valence-electron chi connectivity index (χ3n) is 2.88. The minimum absolute atomic E-state index is 0.0651. The van der Waals surface area contributed by atoms with E-state index < -0.39 is 0 Å². The molecule has 0 spiro atoms. The van der Waals surface area contributed by atoms with Gasteiger partial charge in [0.2, 0.25) is 0 Å². The molecule has 0 saturated heterocycles. The first kappa shape index (κ1) is 16.8. The Bertz CT molecular complexity index is 440. The maximum absolute atomic E-state index is 11.5. The minimum atomic E-state index is -0.203. The Balaban J connectivity index is 2.50. The van der Waals surface area contributed by atoms with Gasteiger partial charge in [0.15, 0.2) is 6.61 Å². The number of carbonyl (C=O) groups excluding carboxylic acids is 1. The number of hydrogen-bond donors (Lipinski definition) is 2. The van der Waals surface area contributed by atoms with Crippen molar-refractivity contribution < 1.29 is 14.3 Å². The molecule has 0 radical (unpaired) electrons. The first-order valence-corrected chi connectivity index (χ1v) is 6.81. The third kappa shape index (κ3) is 5.36. The highest BCUT2D eigenvalue weighted by molar-refractivity contribution is 6.32. The normalized spacial score (nSPS) is 12.0. The third-order valence-corrected chi connectivity index (χ3v) is 3.17. The molecule has 0 aliphatic carbocycles. The molecule has 1 unspecified atom stereocenters. The molecule has 0 heterocycles. The Hall–Kier alpha value is -1.30. The van der Waals surface area contributed by atoms with Crippen LogP contribution in [0.3, 0.4) is 0 Å². The number of carbonyl (C=O) groups is 1. The van der Waals surface area contributed by atoms with Crippen LogP contribution < -0.4 is 15.4 Å². The standard InChI is InChI=1S/C14H21ClN2O3/c1-10(16-2)11-4-5-13(12(15)8-11)20-9-14(18)17-6-7-19-3/h4-5,8,10,16H,6-7,9H2,1-3H3,(H,17,18). The largest absolute Gasteiger partial charge is 0.482 e. The molecule has 20 heavy (non-hydrogen) atoms. The average Bonchev–Trinajstić information content (AvgIpc) is 2.45. The van der Waals surface area contributed by atoms with E-state index in [0.29, 0.717) is 23.9 Å². The molecule has 1 atom stereocenters. The van der Waals surface area contributed by atoms with Crippen LogP contribution in [-0.2, 0) is 9.53 Å². The van der Waals surface area contributed by atoms with E-state index in [0.717, 1.165) is 5.56 Å². The number of amides is 1. The van der Waals surface area contributed by atoms with E-state index in [1.807, 2.05) is 26.1 Å². The van der Waals surface area contributed by atoms with Gasteiger partial charge in [-0.05, 0) is 31.7 Å². The zero-order valence-electron chi connectivity index (χ0n) is 12.0. The Morgan fingerprint density at radius 1 is 1.45 bits per heavy atom. The van der Waals surface area contributed by atoms with Crippen molar-refractivity contribution in [1.29, 1.82) is 0 Å². The predicted molar refractivity (Wildman–Crippen MR) is 79.3 cm³/mol. The highest BCUT2D eigenvalue weighted by atomic mass is 35.5. The summed E-state index contributed by atoms with van der Waals surface area (Å²) in [6.45, 7) is 2.91. The number of hydrogen-bond acceptors (Lipinski definition) is 4. The van der Waals surface area contributed by atoms with Crippen molar-refractivity contribution in [2.75, 3.05) is 33.9 Å². The van der Waals surface area contributed by atoms with Crippen molar-refractivity contribution in [3.63, 3.8) is 0 Å². The molecule has 0 saturated carbocycles. The number of ether oxygens (including phenoxy) is 2. The number of halogens is 1. The summed E-state index contributed by atoms with van der Waals surface area (Å²) < 4.78 is 10.2. The quantitative estimate of drug-likeness (QED) is 0.718. The van der Waals surface area contributed by atoms with Crippen molar-refractivity contribution in [1.82, 2.24) is 10.6 Å². The van der Waals surface area contributed by atoms with Gasteiger partial charge < -0.3 is 20.1 Å². The van der Waals surface area contributed by atoms with E-state index in [-0.39, 0.29) is 18.6 Å². The molecule has 112 valence electrons. The summed E-state index contributed by atoms with van der Waals surface area (Å²) in [7, 11) is 3.46. The molecule has 1 aromatic rings. The van der Waals surface area contributed by atoms with Crippen molar-refractivity contribution in [2.45, 2.75) is 13.0 Å². The van der Waals surface area contributed by atoms with Crippen molar-refractivity contribution in [3.05, 3.63) is 28.8 Å². The number of nitrogens with one attached hydrogen (secondary N) is 2. The van der Waals surface area contributed by atoms with Crippen LogP contribution in [-0.4, -0.2) is 39.8 Å². The van der Waals surface area contributed by atoms with Gasteiger partial charge in [-0.3, -0.25) is 4.79 Å².